The predicted octanol–water partition coefficient (Wildman–Crippen LogP) is 5.22. The van der Waals surface area contributed by atoms with Gasteiger partial charge >= 0.3 is 0 Å². The topological polar surface area (TPSA) is 26.0 Å². The second-order valence-electron chi connectivity index (χ2n) is 5.35. The van der Waals surface area contributed by atoms with Gasteiger partial charge in [-0.25, -0.2) is 0 Å². The van der Waals surface area contributed by atoms with E-state index in [-0.39, 0.29) is 6.04 Å². The van der Waals surface area contributed by atoms with E-state index < -0.39 is 0 Å². The molecule has 0 spiro atoms. The molecule has 112 valence electrons. The second kappa shape index (κ2) is 7.88. The maximum atomic E-state index is 6.40. The van der Waals surface area contributed by atoms with Crippen molar-refractivity contribution in [1.29, 1.82) is 0 Å². The lowest BCUT2D eigenvalue weighted by atomic mass is 10.1. The molecule has 0 aliphatic heterocycles. The zero-order valence-electron chi connectivity index (χ0n) is 12.6. The summed E-state index contributed by atoms with van der Waals surface area (Å²) in [6, 6.07) is 15.0. The minimum absolute atomic E-state index is 0.214. The van der Waals surface area contributed by atoms with Crippen molar-refractivity contribution in [1.82, 2.24) is 0 Å². The average molecular weight is 320 g/mol. The molecule has 2 aromatic carbocycles. The molecule has 0 bridgehead atoms. The summed E-state index contributed by atoms with van der Waals surface area (Å²) in [5.74, 6) is 0.945. The van der Waals surface area contributed by atoms with E-state index >= 15 is 0 Å². The highest BCUT2D eigenvalue weighted by atomic mass is 35.5. The first-order valence-electron chi connectivity index (χ1n) is 7.31. The lowest BCUT2D eigenvalue weighted by Gasteiger charge is -2.11. The van der Waals surface area contributed by atoms with Crippen LogP contribution in [0.5, 0.6) is 0 Å². The van der Waals surface area contributed by atoms with Crippen LogP contribution in [0.2, 0.25) is 5.02 Å². The normalized spacial score (nSPS) is 12.4. The van der Waals surface area contributed by atoms with Crippen LogP contribution in [0.4, 0.5) is 0 Å². The molecule has 1 unspecified atom stereocenters. The minimum atomic E-state index is 0.214. The van der Waals surface area contributed by atoms with E-state index in [1.54, 1.807) is 11.8 Å². The Morgan fingerprint density at radius 1 is 1.19 bits per heavy atom. The molecule has 0 aromatic heterocycles. The molecule has 1 atom stereocenters. The fourth-order valence-corrected chi connectivity index (χ4v) is 3.53. The number of thioether (sulfide) groups is 1. The van der Waals surface area contributed by atoms with Crippen molar-refractivity contribution in [3.8, 4) is 0 Å². The third kappa shape index (κ3) is 4.77. The number of halogens is 1. The molecule has 21 heavy (non-hydrogen) atoms. The van der Waals surface area contributed by atoms with Gasteiger partial charge in [-0.1, -0.05) is 48.9 Å². The summed E-state index contributed by atoms with van der Waals surface area (Å²) in [7, 11) is 0. The van der Waals surface area contributed by atoms with Crippen molar-refractivity contribution < 1.29 is 0 Å². The largest absolute Gasteiger partial charge is 0.327 e. The van der Waals surface area contributed by atoms with Crippen LogP contribution in [0.15, 0.2) is 47.4 Å². The van der Waals surface area contributed by atoms with Gasteiger partial charge in [0.05, 0.1) is 5.02 Å². The summed E-state index contributed by atoms with van der Waals surface area (Å²) in [5, 5.41) is 0.828. The molecule has 0 radical (unpaired) electrons. The first-order valence-corrected chi connectivity index (χ1v) is 8.67. The molecule has 1 nitrogen and oxygen atoms in total. The van der Waals surface area contributed by atoms with Gasteiger partial charge < -0.3 is 5.73 Å². The van der Waals surface area contributed by atoms with Crippen molar-refractivity contribution in [3.05, 3.63) is 64.2 Å². The zero-order valence-corrected chi connectivity index (χ0v) is 14.2. The molecular weight excluding hydrogens is 298 g/mol. The van der Waals surface area contributed by atoms with Gasteiger partial charge in [0.2, 0.25) is 0 Å². The van der Waals surface area contributed by atoms with E-state index in [1.807, 2.05) is 0 Å². The molecule has 0 heterocycles. The Morgan fingerprint density at radius 2 is 1.95 bits per heavy atom. The van der Waals surface area contributed by atoms with Crippen LogP contribution in [0.1, 0.15) is 30.0 Å². The van der Waals surface area contributed by atoms with E-state index in [1.165, 1.54) is 16.7 Å². The van der Waals surface area contributed by atoms with Crippen molar-refractivity contribution in [2.45, 2.75) is 43.4 Å². The van der Waals surface area contributed by atoms with Crippen LogP contribution in [-0.4, -0.2) is 6.04 Å². The third-order valence-electron chi connectivity index (χ3n) is 3.66. The van der Waals surface area contributed by atoms with Crippen LogP contribution >= 0.6 is 23.4 Å². The highest BCUT2D eigenvalue weighted by Crippen LogP contribution is 2.31. The highest BCUT2D eigenvalue weighted by molar-refractivity contribution is 7.98. The van der Waals surface area contributed by atoms with Crippen molar-refractivity contribution >= 4 is 23.4 Å². The summed E-state index contributed by atoms with van der Waals surface area (Å²) in [6.45, 7) is 4.26. The van der Waals surface area contributed by atoms with Gasteiger partial charge in [0.15, 0.2) is 0 Å². The Morgan fingerprint density at radius 3 is 2.62 bits per heavy atom. The zero-order chi connectivity index (χ0) is 15.2. The summed E-state index contributed by atoms with van der Waals surface area (Å²) in [6.07, 6.45) is 1.88. The van der Waals surface area contributed by atoms with Gasteiger partial charge in [0.1, 0.15) is 0 Å². The first kappa shape index (κ1) is 16.4. The van der Waals surface area contributed by atoms with Crippen LogP contribution in [0.25, 0.3) is 0 Å². The Hall–Kier alpha value is -0.960. The van der Waals surface area contributed by atoms with Crippen molar-refractivity contribution in [2.24, 2.45) is 5.73 Å². The van der Waals surface area contributed by atoms with Crippen LogP contribution in [0.3, 0.4) is 0 Å². The number of aryl methyl sites for hydroxylation is 1. The molecule has 0 amide bonds. The maximum Gasteiger partial charge on any atom is 0.0544 e. The maximum absolute atomic E-state index is 6.40. The summed E-state index contributed by atoms with van der Waals surface area (Å²) in [5.41, 5.74) is 9.90. The van der Waals surface area contributed by atoms with Crippen molar-refractivity contribution in [2.75, 3.05) is 0 Å². The fraction of sp³-hybridized carbons (Fsp3) is 0.333. The molecule has 0 saturated heterocycles. The molecule has 2 N–H and O–H groups in total. The van der Waals surface area contributed by atoms with Gasteiger partial charge in [0.25, 0.3) is 0 Å². The Bertz CT molecular complexity index is 598. The van der Waals surface area contributed by atoms with Crippen LogP contribution in [0, 0.1) is 6.92 Å². The number of rotatable bonds is 6. The minimum Gasteiger partial charge on any atom is -0.327 e. The summed E-state index contributed by atoms with van der Waals surface area (Å²) >= 11 is 8.18. The number of benzene rings is 2. The lowest BCUT2D eigenvalue weighted by Crippen LogP contribution is -2.21. The van der Waals surface area contributed by atoms with Gasteiger partial charge in [-0.3, -0.25) is 0 Å². The number of hydrogen-bond donors (Lipinski definition) is 1. The Balaban J connectivity index is 2.03. The van der Waals surface area contributed by atoms with E-state index in [4.69, 9.17) is 17.3 Å². The SMILES string of the molecule is CCC(N)Cc1ccc(SCc2ccccc2C)c(Cl)c1. The quantitative estimate of drug-likeness (QED) is 0.739. The molecule has 0 fully saturated rings. The molecule has 0 aliphatic carbocycles. The van der Waals surface area contributed by atoms with E-state index in [0.717, 1.165) is 28.5 Å². The standard InChI is InChI=1S/C18H22ClNS/c1-3-16(20)10-14-8-9-18(17(19)11-14)21-12-15-7-5-4-6-13(15)2/h4-9,11,16H,3,10,12,20H2,1-2H3. The van der Waals surface area contributed by atoms with E-state index in [2.05, 4.69) is 56.3 Å². The molecular formula is C18H22ClNS. The summed E-state index contributed by atoms with van der Waals surface area (Å²) in [4.78, 5) is 1.13. The average Bonchev–Trinajstić information content (AvgIpc) is 2.48. The van der Waals surface area contributed by atoms with Gasteiger partial charge in [0, 0.05) is 16.7 Å². The number of nitrogens with two attached hydrogens (primary N) is 1. The third-order valence-corrected chi connectivity index (χ3v) is 5.21. The highest BCUT2D eigenvalue weighted by Gasteiger charge is 2.07. The van der Waals surface area contributed by atoms with Crippen molar-refractivity contribution in [3.63, 3.8) is 0 Å². The molecule has 3 heteroatoms. The number of hydrogen-bond acceptors (Lipinski definition) is 2. The lowest BCUT2D eigenvalue weighted by molar-refractivity contribution is 0.646. The van der Waals surface area contributed by atoms with E-state index in [0.29, 0.717) is 0 Å². The van der Waals surface area contributed by atoms with Crippen LogP contribution in [-0.2, 0) is 12.2 Å². The fourth-order valence-electron chi connectivity index (χ4n) is 2.16. The van der Waals surface area contributed by atoms with Gasteiger partial charge in [-0.05, 0) is 48.6 Å². The Labute approximate surface area is 136 Å². The molecule has 0 saturated carbocycles. The van der Waals surface area contributed by atoms with Crippen LogP contribution < -0.4 is 5.73 Å². The van der Waals surface area contributed by atoms with E-state index in [9.17, 15) is 0 Å². The molecule has 2 aromatic rings. The molecule has 0 aliphatic rings. The van der Waals surface area contributed by atoms with Gasteiger partial charge in [-0.2, -0.15) is 0 Å². The molecule has 2 rings (SSSR count). The van der Waals surface area contributed by atoms with Gasteiger partial charge in [-0.15, -0.1) is 11.8 Å². The Kier molecular flexibility index (Phi) is 6.16. The monoisotopic (exact) mass is 319 g/mol. The smallest absolute Gasteiger partial charge is 0.0544 e. The summed E-state index contributed by atoms with van der Waals surface area (Å²) < 4.78 is 0. The second-order valence-corrected chi connectivity index (χ2v) is 6.78. The predicted molar refractivity (Wildman–Crippen MR) is 94.2 cm³/mol. The first-order chi connectivity index (χ1) is 10.1.